The normalized spacial score (nSPS) is 16.2. The Balaban J connectivity index is 2.96. The summed E-state index contributed by atoms with van der Waals surface area (Å²) in [6.45, 7) is 0. The molecule has 0 saturated carbocycles. The summed E-state index contributed by atoms with van der Waals surface area (Å²) in [5, 5.41) is 17.7. The largest absolute Gasteiger partial charge is 0.287 e. The van der Waals surface area contributed by atoms with Gasteiger partial charge in [-0.1, -0.05) is 0 Å². The Labute approximate surface area is 93.7 Å². The fourth-order valence-electron chi connectivity index (χ4n) is 1.75. The molecule has 6 heteroatoms. The zero-order chi connectivity index (χ0) is 12.8. The number of ketones is 2. The van der Waals surface area contributed by atoms with Gasteiger partial charge >= 0.3 is 0 Å². The van der Waals surface area contributed by atoms with Crippen molar-refractivity contribution in [1.29, 1.82) is 10.5 Å². The molecule has 17 heavy (non-hydrogen) atoms. The number of carbonyl (C=O) groups is 2. The Hall–Kier alpha value is -2.60. The van der Waals surface area contributed by atoms with Crippen molar-refractivity contribution in [3.63, 3.8) is 0 Å². The van der Waals surface area contributed by atoms with E-state index in [0.29, 0.717) is 6.07 Å². The smallest absolute Gasteiger partial charge is 0.242 e. The molecule has 0 radical (unpaired) electrons. The van der Waals surface area contributed by atoms with Crippen molar-refractivity contribution in [1.82, 2.24) is 0 Å². The molecule has 1 aromatic carbocycles. The van der Waals surface area contributed by atoms with E-state index in [1.165, 1.54) is 12.1 Å². The summed E-state index contributed by atoms with van der Waals surface area (Å²) in [6.07, 6.45) is 0. The molecule has 0 N–H and O–H groups in total. The first kappa shape index (κ1) is 10.9. The zero-order valence-electron chi connectivity index (χ0n) is 8.12. The van der Waals surface area contributed by atoms with E-state index in [4.69, 9.17) is 10.5 Å². The topological polar surface area (TPSA) is 81.7 Å². The lowest BCUT2D eigenvalue weighted by Crippen LogP contribution is -2.31. The molecule has 0 aromatic heterocycles. The third kappa shape index (κ3) is 1.07. The van der Waals surface area contributed by atoms with Crippen molar-refractivity contribution in [3.8, 4) is 12.1 Å². The van der Waals surface area contributed by atoms with E-state index in [1.807, 2.05) is 0 Å². The molecule has 1 aromatic rings. The molecule has 0 unspecified atom stereocenters. The Morgan fingerprint density at radius 1 is 1.12 bits per heavy atom. The number of hydrogen-bond donors (Lipinski definition) is 0. The number of hydrogen-bond acceptors (Lipinski definition) is 4. The molecule has 1 aliphatic rings. The van der Waals surface area contributed by atoms with E-state index < -0.39 is 39.7 Å². The highest BCUT2D eigenvalue weighted by Crippen LogP contribution is 2.38. The van der Waals surface area contributed by atoms with Gasteiger partial charge in [-0.25, -0.2) is 8.78 Å². The van der Waals surface area contributed by atoms with Crippen LogP contribution in [0.25, 0.3) is 0 Å². The summed E-state index contributed by atoms with van der Waals surface area (Å²) in [5.41, 5.74) is -3.78. The summed E-state index contributed by atoms with van der Waals surface area (Å²) < 4.78 is 26.6. The zero-order valence-corrected chi connectivity index (χ0v) is 8.12. The SMILES string of the molecule is N#CC1(C#N)C(=O)C(=O)c2ccc(F)c(F)c21. The van der Waals surface area contributed by atoms with Crippen LogP contribution in [-0.2, 0) is 10.2 Å². The predicted molar refractivity (Wildman–Crippen MR) is 48.6 cm³/mol. The minimum absolute atomic E-state index is 0.433. The number of nitrogens with zero attached hydrogens (tertiary/aromatic N) is 2. The molecule has 0 fully saturated rings. The van der Waals surface area contributed by atoms with Gasteiger partial charge in [-0.15, -0.1) is 0 Å². The highest BCUT2D eigenvalue weighted by molar-refractivity contribution is 6.51. The third-order valence-electron chi connectivity index (χ3n) is 2.60. The average Bonchev–Trinajstić information content (AvgIpc) is 2.55. The van der Waals surface area contributed by atoms with Gasteiger partial charge in [0, 0.05) is 11.1 Å². The summed E-state index contributed by atoms with van der Waals surface area (Å²) in [5.74, 6) is -5.32. The van der Waals surface area contributed by atoms with Crippen molar-refractivity contribution in [3.05, 3.63) is 34.9 Å². The first-order valence-corrected chi connectivity index (χ1v) is 4.39. The van der Waals surface area contributed by atoms with Crippen molar-refractivity contribution in [2.75, 3.05) is 0 Å². The van der Waals surface area contributed by atoms with Crippen molar-refractivity contribution < 1.29 is 18.4 Å². The van der Waals surface area contributed by atoms with Crippen LogP contribution >= 0.6 is 0 Å². The minimum Gasteiger partial charge on any atom is -0.287 e. The lowest BCUT2D eigenvalue weighted by molar-refractivity contribution is -0.116. The lowest BCUT2D eigenvalue weighted by atomic mass is 9.84. The van der Waals surface area contributed by atoms with Crippen LogP contribution in [0.2, 0.25) is 0 Å². The van der Waals surface area contributed by atoms with Gasteiger partial charge < -0.3 is 0 Å². The molecule has 0 bridgehead atoms. The lowest BCUT2D eigenvalue weighted by Gasteiger charge is -2.10. The number of nitriles is 2. The Bertz CT molecular complexity index is 639. The summed E-state index contributed by atoms with van der Waals surface area (Å²) in [4.78, 5) is 23.0. The Kier molecular flexibility index (Phi) is 2.05. The maximum absolute atomic E-state index is 13.5. The molecule has 0 amide bonds. The molecule has 1 aliphatic carbocycles. The van der Waals surface area contributed by atoms with Crippen LogP contribution in [0.15, 0.2) is 12.1 Å². The second kappa shape index (κ2) is 3.19. The van der Waals surface area contributed by atoms with Gasteiger partial charge in [0.25, 0.3) is 0 Å². The second-order valence-corrected chi connectivity index (χ2v) is 3.42. The standard InChI is InChI=1S/C11H2F2N2O2/c12-6-2-1-5-7(8(6)13)11(3-14,4-15)10(17)9(5)16/h1-2H. The summed E-state index contributed by atoms with van der Waals surface area (Å²) in [6, 6.07) is 4.15. The van der Waals surface area contributed by atoms with Crippen LogP contribution in [-0.4, -0.2) is 11.6 Å². The van der Waals surface area contributed by atoms with Crippen LogP contribution in [0.3, 0.4) is 0 Å². The highest BCUT2D eigenvalue weighted by atomic mass is 19.2. The number of fused-ring (bicyclic) bond motifs is 1. The fourth-order valence-corrected chi connectivity index (χ4v) is 1.75. The quantitative estimate of drug-likeness (QED) is 0.625. The Morgan fingerprint density at radius 2 is 1.71 bits per heavy atom. The van der Waals surface area contributed by atoms with Crippen molar-refractivity contribution in [2.24, 2.45) is 0 Å². The molecule has 2 rings (SSSR count). The van der Waals surface area contributed by atoms with E-state index in [-0.39, 0.29) is 0 Å². The van der Waals surface area contributed by atoms with E-state index in [0.717, 1.165) is 6.07 Å². The first-order chi connectivity index (χ1) is 7.99. The molecule has 0 aliphatic heterocycles. The number of halogens is 2. The van der Waals surface area contributed by atoms with E-state index in [2.05, 4.69) is 0 Å². The molecule has 82 valence electrons. The fraction of sp³-hybridized carbons (Fsp3) is 0.0909. The van der Waals surface area contributed by atoms with Crippen molar-refractivity contribution in [2.45, 2.75) is 5.41 Å². The van der Waals surface area contributed by atoms with Gasteiger partial charge in [-0.3, -0.25) is 9.59 Å². The number of Topliss-reactive ketones (excluding diaryl/α,β-unsaturated/α-hetero) is 2. The van der Waals surface area contributed by atoms with Crippen molar-refractivity contribution >= 4 is 11.6 Å². The number of carbonyl (C=O) groups excluding carboxylic acids is 2. The average molecular weight is 232 g/mol. The molecular weight excluding hydrogens is 230 g/mol. The van der Waals surface area contributed by atoms with Gasteiger partial charge in [0.05, 0.1) is 12.1 Å². The van der Waals surface area contributed by atoms with E-state index >= 15 is 0 Å². The second-order valence-electron chi connectivity index (χ2n) is 3.42. The maximum Gasteiger partial charge on any atom is 0.242 e. The molecule has 0 saturated heterocycles. The third-order valence-corrected chi connectivity index (χ3v) is 2.60. The van der Waals surface area contributed by atoms with Crippen LogP contribution in [0.1, 0.15) is 15.9 Å². The molecule has 0 atom stereocenters. The van der Waals surface area contributed by atoms with E-state index in [1.54, 1.807) is 0 Å². The summed E-state index contributed by atoms with van der Waals surface area (Å²) >= 11 is 0. The first-order valence-electron chi connectivity index (χ1n) is 4.39. The van der Waals surface area contributed by atoms with Gasteiger partial charge in [0.1, 0.15) is 0 Å². The van der Waals surface area contributed by atoms with E-state index in [9.17, 15) is 18.4 Å². The van der Waals surface area contributed by atoms with Gasteiger partial charge in [-0.2, -0.15) is 10.5 Å². The molecule has 0 heterocycles. The van der Waals surface area contributed by atoms with Crippen LogP contribution in [0.4, 0.5) is 8.78 Å². The monoisotopic (exact) mass is 232 g/mol. The summed E-state index contributed by atoms with van der Waals surface area (Å²) in [7, 11) is 0. The molecule has 0 spiro atoms. The van der Waals surface area contributed by atoms with Gasteiger partial charge in [-0.05, 0) is 12.1 Å². The predicted octanol–water partition coefficient (Wildman–Crippen LogP) is 1.02. The van der Waals surface area contributed by atoms with Gasteiger partial charge in [0.15, 0.2) is 11.6 Å². The minimum atomic E-state index is -2.57. The van der Waals surface area contributed by atoms with Gasteiger partial charge in [0.2, 0.25) is 17.0 Å². The highest BCUT2D eigenvalue weighted by Gasteiger charge is 2.55. The molecular formula is C11H2F2N2O2. The Morgan fingerprint density at radius 3 is 2.24 bits per heavy atom. The van der Waals surface area contributed by atoms with Crippen LogP contribution in [0, 0.1) is 34.3 Å². The maximum atomic E-state index is 13.5. The van der Waals surface area contributed by atoms with Crippen LogP contribution in [0.5, 0.6) is 0 Å². The molecule has 4 nitrogen and oxygen atoms in total. The number of benzene rings is 1. The number of rotatable bonds is 0. The van der Waals surface area contributed by atoms with Crippen LogP contribution < -0.4 is 0 Å².